The summed E-state index contributed by atoms with van der Waals surface area (Å²) >= 11 is 1.25. The third-order valence-corrected chi connectivity index (χ3v) is 5.22. The lowest BCUT2D eigenvalue weighted by Crippen LogP contribution is -2.53. The maximum absolute atomic E-state index is 12.3. The van der Waals surface area contributed by atoms with Gasteiger partial charge in [0.1, 0.15) is 6.61 Å². The maximum atomic E-state index is 12.3. The molecule has 2 heterocycles. The smallest absolute Gasteiger partial charge is 0.410 e. The van der Waals surface area contributed by atoms with E-state index in [1.54, 1.807) is 9.80 Å². The molecule has 0 radical (unpaired) electrons. The summed E-state index contributed by atoms with van der Waals surface area (Å²) in [6.45, 7) is 8.07. The number of carbonyl (C=O) groups is 3. The molecule has 0 aromatic carbocycles. The summed E-state index contributed by atoms with van der Waals surface area (Å²) in [4.78, 5) is 41.3. The fraction of sp³-hybridized carbons (Fsp3) is 0.688. The number of nitrogens with zero attached hydrogens (tertiary/aromatic N) is 3. The number of amides is 2. The van der Waals surface area contributed by atoms with Gasteiger partial charge in [-0.25, -0.2) is 4.79 Å². The van der Waals surface area contributed by atoms with E-state index in [0.717, 1.165) is 6.54 Å². The van der Waals surface area contributed by atoms with E-state index in [-0.39, 0.29) is 28.9 Å². The molecule has 134 valence electrons. The molecule has 7 nitrogen and oxygen atoms in total. The lowest BCUT2D eigenvalue weighted by atomic mass is 10.2. The molecular weight excluding hydrogens is 330 g/mol. The van der Waals surface area contributed by atoms with Gasteiger partial charge >= 0.3 is 6.09 Å². The molecule has 0 saturated carbocycles. The first-order valence-electron chi connectivity index (χ1n) is 8.08. The van der Waals surface area contributed by atoms with Gasteiger partial charge < -0.3 is 14.5 Å². The van der Waals surface area contributed by atoms with E-state index in [1.165, 1.54) is 24.8 Å². The third kappa shape index (κ3) is 4.98. The quantitative estimate of drug-likeness (QED) is 0.680. The normalized spacial score (nSPS) is 25.0. The number of thioether (sulfide) groups is 1. The Kier molecular flexibility index (Phi) is 6.68. The topological polar surface area (TPSA) is 70.2 Å². The van der Waals surface area contributed by atoms with Gasteiger partial charge in [0.25, 0.3) is 0 Å². The fourth-order valence-corrected chi connectivity index (χ4v) is 4.10. The Bertz CT molecular complexity index is 514. The molecule has 24 heavy (non-hydrogen) atoms. The molecule has 2 aliphatic rings. The van der Waals surface area contributed by atoms with Crippen molar-refractivity contribution in [3.05, 3.63) is 12.7 Å². The molecule has 8 heteroatoms. The van der Waals surface area contributed by atoms with Gasteiger partial charge in [0.05, 0.1) is 12.6 Å². The molecule has 0 bridgehead atoms. The summed E-state index contributed by atoms with van der Waals surface area (Å²) < 4.78 is 5.15. The van der Waals surface area contributed by atoms with Gasteiger partial charge in [0.2, 0.25) is 5.91 Å². The van der Waals surface area contributed by atoms with Crippen molar-refractivity contribution in [1.29, 1.82) is 0 Å². The van der Waals surface area contributed by atoms with Crippen molar-refractivity contribution in [2.75, 3.05) is 46.4 Å². The van der Waals surface area contributed by atoms with Crippen molar-refractivity contribution >= 4 is 28.9 Å². The van der Waals surface area contributed by atoms with Gasteiger partial charge in [-0.05, 0) is 13.5 Å². The van der Waals surface area contributed by atoms with Crippen LogP contribution in [0.1, 0.15) is 13.3 Å². The molecule has 2 aliphatic heterocycles. The zero-order chi connectivity index (χ0) is 17.7. The van der Waals surface area contributed by atoms with Gasteiger partial charge in [-0.2, -0.15) is 0 Å². The third-order valence-electron chi connectivity index (χ3n) is 4.21. The van der Waals surface area contributed by atoms with E-state index < -0.39 is 6.09 Å². The predicted molar refractivity (Wildman–Crippen MR) is 92.8 cm³/mol. The molecule has 2 atom stereocenters. The van der Waals surface area contributed by atoms with Crippen LogP contribution in [0.15, 0.2) is 12.7 Å². The van der Waals surface area contributed by atoms with Gasteiger partial charge in [-0.3, -0.25) is 14.5 Å². The zero-order valence-corrected chi connectivity index (χ0v) is 15.1. The van der Waals surface area contributed by atoms with E-state index in [9.17, 15) is 14.4 Å². The molecule has 0 spiro atoms. The number of ether oxygens (including phenoxy) is 1. The Labute approximate surface area is 147 Å². The lowest BCUT2D eigenvalue weighted by Gasteiger charge is -2.35. The minimum atomic E-state index is -0.409. The van der Waals surface area contributed by atoms with E-state index in [4.69, 9.17) is 4.74 Å². The number of rotatable bonds is 5. The van der Waals surface area contributed by atoms with Crippen LogP contribution in [0.2, 0.25) is 0 Å². The summed E-state index contributed by atoms with van der Waals surface area (Å²) in [5.74, 6) is 0.0748. The molecular formula is C16H25N3O4S. The van der Waals surface area contributed by atoms with Crippen molar-refractivity contribution < 1.29 is 19.1 Å². The van der Waals surface area contributed by atoms with Crippen molar-refractivity contribution in [2.24, 2.45) is 0 Å². The fourth-order valence-electron chi connectivity index (χ4n) is 3.08. The Morgan fingerprint density at radius 1 is 1.42 bits per heavy atom. The van der Waals surface area contributed by atoms with Crippen LogP contribution in [0.4, 0.5) is 4.79 Å². The van der Waals surface area contributed by atoms with E-state index in [0.29, 0.717) is 32.6 Å². The van der Waals surface area contributed by atoms with E-state index in [2.05, 4.69) is 6.58 Å². The van der Waals surface area contributed by atoms with Crippen LogP contribution in [0, 0.1) is 0 Å². The van der Waals surface area contributed by atoms with Crippen molar-refractivity contribution in [3.8, 4) is 0 Å². The number of likely N-dealkylation sites (tertiary alicyclic amines) is 1. The first-order valence-corrected chi connectivity index (χ1v) is 8.96. The second-order valence-electron chi connectivity index (χ2n) is 6.22. The van der Waals surface area contributed by atoms with Gasteiger partial charge in [-0.15, -0.1) is 0 Å². The average Bonchev–Trinajstić information content (AvgIpc) is 2.89. The Morgan fingerprint density at radius 3 is 2.79 bits per heavy atom. The van der Waals surface area contributed by atoms with Crippen LogP contribution >= 0.6 is 11.8 Å². The van der Waals surface area contributed by atoms with Crippen LogP contribution in [0.25, 0.3) is 0 Å². The first kappa shape index (κ1) is 18.8. The summed E-state index contributed by atoms with van der Waals surface area (Å²) in [6.07, 6.45) is 1.80. The van der Waals surface area contributed by atoms with Crippen LogP contribution in [0.3, 0.4) is 0 Å². The minimum Gasteiger partial charge on any atom is -0.445 e. The summed E-state index contributed by atoms with van der Waals surface area (Å²) in [5, 5.41) is 0.0853. The number of hydrogen-bond acceptors (Lipinski definition) is 6. The predicted octanol–water partition coefficient (Wildman–Crippen LogP) is 0.806. The average molecular weight is 355 g/mol. The number of piperazine rings is 1. The number of carbonyl (C=O) groups excluding carboxylic acids is 3. The Balaban J connectivity index is 2.02. The molecule has 0 aromatic rings. The molecule has 0 N–H and O–H groups in total. The highest BCUT2D eigenvalue weighted by atomic mass is 32.2. The summed E-state index contributed by atoms with van der Waals surface area (Å²) in [6, 6.07) is -0.119. The van der Waals surface area contributed by atoms with Crippen LogP contribution < -0.4 is 0 Å². The van der Waals surface area contributed by atoms with E-state index in [1.807, 2.05) is 11.9 Å². The van der Waals surface area contributed by atoms with Crippen LogP contribution in [0.5, 0.6) is 0 Å². The number of hydrogen-bond donors (Lipinski definition) is 0. The van der Waals surface area contributed by atoms with Crippen molar-refractivity contribution in [1.82, 2.24) is 14.7 Å². The second-order valence-corrected chi connectivity index (χ2v) is 7.69. The Hall–Kier alpha value is -1.54. The maximum Gasteiger partial charge on any atom is 0.410 e. The summed E-state index contributed by atoms with van der Waals surface area (Å²) in [7, 11) is 1.92. The molecule has 2 fully saturated rings. The molecule has 0 aromatic heterocycles. The molecule has 2 amide bonds. The van der Waals surface area contributed by atoms with Crippen molar-refractivity contribution in [3.63, 3.8) is 0 Å². The van der Waals surface area contributed by atoms with Gasteiger partial charge in [0, 0.05) is 38.4 Å². The first-order chi connectivity index (χ1) is 11.4. The molecule has 0 aliphatic carbocycles. The van der Waals surface area contributed by atoms with Crippen molar-refractivity contribution in [2.45, 2.75) is 24.6 Å². The SMILES string of the molecule is C=CCOC(=O)N1C[C@@H](SC(C)=O)C[C@H]1CN1CCN(C)CC1=O. The molecule has 2 rings (SSSR count). The highest BCUT2D eigenvalue weighted by molar-refractivity contribution is 8.14. The van der Waals surface area contributed by atoms with Gasteiger partial charge in [0.15, 0.2) is 5.12 Å². The standard InChI is InChI=1S/C16H25N3O4S/c1-4-7-23-16(22)19-10-14(24-12(2)20)8-13(19)9-18-6-5-17(3)11-15(18)21/h4,13-14H,1,5-11H2,2-3H3/t13-,14-/m0/s1. The second kappa shape index (κ2) is 8.53. The monoisotopic (exact) mass is 355 g/mol. The van der Waals surface area contributed by atoms with E-state index >= 15 is 0 Å². The largest absolute Gasteiger partial charge is 0.445 e. The van der Waals surface area contributed by atoms with Crippen LogP contribution in [-0.4, -0.2) is 89.5 Å². The van der Waals surface area contributed by atoms with Gasteiger partial charge in [-0.1, -0.05) is 24.4 Å². The molecule has 0 unspecified atom stereocenters. The lowest BCUT2D eigenvalue weighted by molar-refractivity contribution is -0.136. The Morgan fingerprint density at radius 2 is 2.17 bits per heavy atom. The zero-order valence-electron chi connectivity index (χ0n) is 14.3. The highest BCUT2D eigenvalue weighted by Crippen LogP contribution is 2.29. The summed E-state index contributed by atoms with van der Waals surface area (Å²) in [5.41, 5.74) is 0. The van der Waals surface area contributed by atoms with Crippen LogP contribution in [-0.2, 0) is 14.3 Å². The minimum absolute atomic E-state index is 0.0377. The number of likely N-dealkylation sites (N-methyl/N-ethyl adjacent to an activating group) is 1. The highest BCUT2D eigenvalue weighted by Gasteiger charge is 2.39. The molecule has 2 saturated heterocycles.